The van der Waals surface area contributed by atoms with Crippen LogP contribution in [0.4, 0.5) is 0 Å². The van der Waals surface area contributed by atoms with Crippen molar-refractivity contribution in [3.8, 4) is 0 Å². The summed E-state index contributed by atoms with van der Waals surface area (Å²) in [4.78, 5) is 3.97. The number of pyridine rings is 1. The summed E-state index contributed by atoms with van der Waals surface area (Å²) in [7, 11) is 0. The van der Waals surface area contributed by atoms with Crippen molar-refractivity contribution in [3.05, 3.63) is 89.5 Å². The van der Waals surface area contributed by atoms with E-state index in [2.05, 4.69) is 4.98 Å². The maximum absolute atomic E-state index is 9.07. The minimum Gasteiger partial charge on any atom is -0.455 e. The third kappa shape index (κ3) is 4.51. The average Bonchev–Trinajstić information content (AvgIpc) is 3.36. The molecule has 0 radical (unpaired) electrons. The summed E-state index contributed by atoms with van der Waals surface area (Å²) < 4.78 is 124. The number of nitrogens with one attached hydrogen (secondary N) is 1. The number of benzene rings is 2. The molecule has 2 aromatic carbocycles. The Morgan fingerprint density at radius 1 is 1.16 bits per heavy atom. The van der Waals surface area contributed by atoms with E-state index in [0.717, 1.165) is 6.07 Å². The highest BCUT2D eigenvalue weighted by atomic mass is 16.3. The van der Waals surface area contributed by atoms with Gasteiger partial charge in [-0.1, -0.05) is 69.1 Å². The number of aromatic nitrogens is 1. The second-order valence-electron chi connectivity index (χ2n) is 7.78. The first kappa shape index (κ1) is 9.78. The molecule has 0 bridgehead atoms. The molecule has 0 aliphatic heterocycles. The summed E-state index contributed by atoms with van der Waals surface area (Å²) in [6, 6.07) is -4.83. The quantitative estimate of drug-likeness (QED) is 0.264. The minimum absolute atomic E-state index is 0.0383. The molecule has 0 spiro atoms. The second kappa shape index (κ2) is 8.35. The zero-order chi connectivity index (χ0) is 34.2. The fraction of sp³-hybridized carbons (Fsp3) is 0.214. The largest absolute Gasteiger partial charge is 0.455 e. The Morgan fingerprint density at radius 3 is 2.71 bits per heavy atom. The summed E-state index contributed by atoms with van der Waals surface area (Å²) >= 11 is 0. The third-order valence-electron chi connectivity index (χ3n) is 4.23. The highest BCUT2D eigenvalue weighted by Gasteiger charge is 2.14. The van der Waals surface area contributed by atoms with Gasteiger partial charge >= 0.3 is 0 Å². The van der Waals surface area contributed by atoms with Gasteiger partial charge in [0.2, 0.25) is 0 Å². The molecule has 2 aromatic heterocycles. The predicted octanol–water partition coefficient (Wildman–Crippen LogP) is 7.71. The standard InChI is InChI=1S/C28H28N2O/c1-19(23-9-7-10-25-24-8-5-6-11-26(24)31-27(23)25)16-20(14-15-29)21-12-13-22(30-18-21)17-28(2,3)4/h5-16,18,29H,17H2,1-4H3/b19-16+,20-14+,29-15?/i5D,6D,7D,8D,10D,11D,12D,13D,14D,15D,16D,17D2,18D. The number of nitrogens with zero attached hydrogens (tertiary/aromatic N) is 1. The molecule has 0 fully saturated rings. The van der Waals surface area contributed by atoms with Crippen LogP contribution >= 0.6 is 0 Å². The lowest BCUT2D eigenvalue weighted by molar-refractivity contribution is 0.406. The monoisotopic (exact) mass is 422 g/mol. The average molecular weight is 423 g/mol. The normalized spacial score (nSPS) is 20.6. The Labute approximate surface area is 203 Å². The van der Waals surface area contributed by atoms with Gasteiger partial charge in [-0.05, 0) is 48.0 Å². The van der Waals surface area contributed by atoms with Gasteiger partial charge in [0, 0.05) is 42.7 Å². The molecule has 0 saturated heterocycles. The van der Waals surface area contributed by atoms with E-state index in [1.807, 2.05) is 0 Å². The van der Waals surface area contributed by atoms with Crippen LogP contribution in [0.5, 0.6) is 0 Å². The summed E-state index contributed by atoms with van der Waals surface area (Å²) in [5.41, 5.74) is -3.35. The van der Waals surface area contributed by atoms with Gasteiger partial charge in [0.1, 0.15) is 11.2 Å². The fourth-order valence-corrected chi connectivity index (χ4v) is 2.95. The van der Waals surface area contributed by atoms with Crippen molar-refractivity contribution < 1.29 is 23.6 Å². The number of allylic oxidation sites excluding steroid dienone is 4. The zero-order valence-corrected chi connectivity index (χ0v) is 17.4. The molecule has 4 rings (SSSR count). The van der Waals surface area contributed by atoms with E-state index in [-0.39, 0.29) is 33.1 Å². The molecule has 0 aliphatic carbocycles. The maximum Gasteiger partial charge on any atom is 0.142 e. The number of hydrogen-bond donors (Lipinski definition) is 1. The van der Waals surface area contributed by atoms with Crippen LogP contribution < -0.4 is 0 Å². The number of furan rings is 1. The van der Waals surface area contributed by atoms with Gasteiger partial charge in [-0.15, -0.1) is 0 Å². The van der Waals surface area contributed by atoms with E-state index in [1.165, 1.54) is 6.92 Å². The number of rotatable bonds is 5. The Morgan fingerprint density at radius 2 is 1.94 bits per heavy atom. The summed E-state index contributed by atoms with van der Waals surface area (Å²) in [5.74, 6) is 0. The van der Waals surface area contributed by atoms with Crippen LogP contribution in [0.3, 0.4) is 0 Å². The molecule has 2 heterocycles. The van der Waals surface area contributed by atoms with Crippen LogP contribution in [0.1, 0.15) is 63.7 Å². The van der Waals surface area contributed by atoms with Gasteiger partial charge < -0.3 is 9.83 Å². The topological polar surface area (TPSA) is 49.9 Å². The molecule has 156 valence electrons. The molecule has 4 aromatic rings. The van der Waals surface area contributed by atoms with E-state index in [9.17, 15) is 0 Å². The molecule has 0 atom stereocenters. The third-order valence-corrected chi connectivity index (χ3v) is 4.23. The van der Waals surface area contributed by atoms with E-state index in [4.69, 9.17) is 29.0 Å². The van der Waals surface area contributed by atoms with Gasteiger partial charge in [0.05, 0.1) is 16.4 Å². The van der Waals surface area contributed by atoms with Crippen molar-refractivity contribution in [1.82, 2.24) is 4.98 Å². The summed E-state index contributed by atoms with van der Waals surface area (Å²) in [6.07, 6.45) is -4.12. The SMILES string of the molecule is [2H]C(=N)/C([2H])=C(\C([2H])=C(/C)c1cc([2H])c([2H])c2c1oc1c([2H])c([2H])c([2H])c([2H])c12)c1c([2H])nc(C([2H])([2H])C(C)(C)C)c([2H])c1[2H]. The maximum atomic E-state index is 9.07. The van der Waals surface area contributed by atoms with Crippen molar-refractivity contribution in [2.45, 2.75) is 34.1 Å². The van der Waals surface area contributed by atoms with Crippen molar-refractivity contribution in [2.24, 2.45) is 5.41 Å². The Hall–Kier alpha value is -3.46. The Kier molecular flexibility index (Phi) is 2.63. The van der Waals surface area contributed by atoms with Crippen LogP contribution in [0.2, 0.25) is 0 Å². The Bertz CT molecular complexity index is 2020. The molecule has 0 amide bonds. The van der Waals surface area contributed by atoms with Gasteiger partial charge in [-0.25, -0.2) is 0 Å². The fourth-order valence-electron chi connectivity index (χ4n) is 2.95. The first-order valence-electron chi connectivity index (χ1n) is 16.4. The van der Waals surface area contributed by atoms with Gasteiger partial charge in [-0.2, -0.15) is 0 Å². The lowest BCUT2D eigenvalue weighted by Gasteiger charge is -2.17. The van der Waals surface area contributed by atoms with Gasteiger partial charge in [0.15, 0.2) is 0 Å². The zero-order valence-electron chi connectivity index (χ0n) is 31.4. The van der Waals surface area contributed by atoms with Gasteiger partial charge in [-0.3, -0.25) is 4.98 Å². The van der Waals surface area contributed by atoms with E-state index >= 15 is 0 Å². The van der Waals surface area contributed by atoms with Crippen molar-refractivity contribution in [3.63, 3.8) is 0 Å². The first-order chi connectivity index (χ1) is 20.6. The second-order valence-corrected chi connectivity index (χ2v) is 7.78. The Balaban J connectivity index is 2.14. The van der Waals surface area contributed by atoms with Crippen LogP contribution in [-0.4, -0.2) is 11.2 Å². The lowest BCUT2D eigenvalue weighted by Crippen LogP contribution is -2.10. The van der Waals surface area contributed by atoms with Crippen molar-refractivity contribution >= 4 is 39.3 Å². The molecule has 3 nitrogen and oxygen atoms in total. The van der Waals surface area contributed by atoms with E-state index in [0.29, 0.717) is 0 Å². The molecule has 0 unspecified atom stereocenters. The molecule has 1 N–H and O–H groups in total. The molecular formula is C28H28N2O. The van der Waals surface area contributed by atoms with Crippen LogP contribution in [0.15, 0.2) is 77.1 Å². The first-order valence-corrected chi connectivity index (χ1v) is 9.43. The molecule has 0 aliphatic rings. The smallest absolute Gasteiger partial charge is 0.142 e. The summed E-state index contributed by atoms with van der Waals surface area (Å²) in [5, 5.41) is 7.54. The number of fused-ring (bicyclic) bond motifs is 3. The predicted molar refractivity (Wildman–Crippen MR) is 132 cm³/mol. The van der Waals surface area contributed by atoms with E-state index in [1.54, 1.807) is 20.8 Å². The van der Waals surface area contributed by atoms with Gasteiger partial charge in [0.25, 0.3) is 0 Å². The van der Waals surface area contributed by atoms with Crippen LogP contribution in [0.25, 0.3) is 33.1 Å². The van der Waals surface area contributed by atoms with Crippen LogP contribution in [-0.2, 0) is 6.37 Å². The summed E-state index contributed by atoms with van der Waals surface area (Å²) in [6.45, 7) is 6.02. The molecule has 31 heavy (non-hydrogen) atoms. The lowest BCUT2D eigenvalue weighted by atomic mass is 9.90. The molecular weight excluding hydrogens is 380 g/mol. The number of para-hydroxylation sites is 2. The highest BCUT2D eigenvalue weighted by Crippen LogP contribution is 2.34. The van der Waals surface area contributed by atoms with Crippen molar-refractivity contribution in [1.29, 1.82) is 5.41 Å². The molecule has 3 heteroatoms. The van der Waals surface area contributed by atoms with Crippen molar-refractivity contribution in [2.75, 3.05) is 0 Å². The minimum atomic E-state index is -2.26. The molecule has 0 saturated carbocycles. The van der Waals surface area contributed by atoms with E-state index < -0.39 is 101 Å². The number of hydrogen-bond acceptors (Lipinski definition) is 3. The van der Waals surface area contributed by atoms with Crippen LogP contribution in [0, 0.1) is 10.8 Å². The highest BCUT2D eigenvalue weighted by molar-refractivity contribution is 6.08.